The van der Waals surface area contributed by atoms with E-state index in [0.29, 0.717) is 0 Å². The largest absolute Gasteiger partial charge is 0.478 e. The average Bonchev–Trinajstić information content (AvgIpc) is 2.15. The Morgan fingerprint density at radius 3 is 2.47 bits per heavy atom. The van der Waals surface area contributed by atoms with Gasteiger partial charge in [0.25, 0.3) is 0 Å². The second-order valence-corrected chi connectivity index (χ2v) is 4.35. The summed E-state index contributed by atoms with van der Waals surface area (Å²) in [5.41, 5.74) is -0.306. The molecule has 0 aliphatic rings. The fourth-order valence-electron chi connectivity index (χ4n) is 1.12. The maximum atomic E-state index is 12.9. The van der Waals surface area contributed by atoms with Gasteiger partial charge in [0, 0.05) is 5.56 Å². The van der Waals surface area contributed by atoms with Crippen molar-refractivity contribution in [1.29, 1.82) is 0 Å². The Morgan fingerprint density at radius 1 is 1.40 bits per heavy atom. The van der Waals surface area contributed by atoms with Crippen molar-refractivity contribution in [3.8, 4) is 0 Å². The van der Waals surface area contributed by atoms with Crippen LogP contribution >= 0.6 is 15.9 Å². The van der Waals surface area contributed by atoms with Gasteiger partial charge >= 0.3 is 5.97 Å². The van der Waals surface area contributed by atoms with E-state index in [9.17, 15) is 14.0 Å². The number of hydrogen-bond acceptors (Lipinski definition) is 2. The smallest absolute Gasteiger partial charge is 0.336 e. The molecule has 0 aliphatic heterocycles. The van der Waals surface area contributed by atoms with Gasteiger partial charge in [-0.05, 0) is 25.1 Å². The zero-order valence-corrected chi connectivity index (χ0v) is 9.42. The highest BCUT2D eigenvalue weighted by atomic mass is 79.9. The average molecular weight is 275 g/mol. The molecule has 0 saturated carbocycles. The SMILES string of the molecule is CC(Br)C(=O)c1cc(F)ccc1C(=O)O. The van der Waals surface area contributed by atoms with Crippen LogP contribution in [0.5, 0.6) is 0 Å². The molecule has 0 bridgehead atoms. The number of alkyl halides is 1. The third kappa shape index (κ3) is 2.62. The summed E-state index contributed by atoms with van der Waals surface area (Å²) in [6.45, 7) is 1.55. The molecule has 80 valence electrons. The molecular formula is C10H8BrFO3. The van der Waals surface area contributed by atoms with E-state index in [0.717, 1.165) is 18.2 Å². The van der Waals surface area contributed by atoms with E-state index < -0.39 is 22.4 Å². The number of aromatic carboxylic acids is 1. The molecule has 0 aliphatic carbocycles. The monoisotopic (exact) mass is 274 g/mol. The van der Waals surface area contributed by atoms with Crippen LogP contribution in [0.25, 0.3) is 0 Å². The molecule has 1 aromatic carbocycles. The van der Waals surface area contributed by atoms with Crippen LogP contribution in [0.15, 0.2) is 18.2 Å². The lowest BCUT2D eigenvalue weighted by Crippen LogP contribution is -2.15. The zero-order valence-electron chi connectivity index (χ0n) is 7.83. The lowest BCUT2D eigenvalue weighted by Gasteiger charge is -2.06. The number of carbonyl (C=O) groups is 2. The van der Waals surface area contributed by atoms with Crippen LogP contribution in [0.2, 0.25) is 0 Å². The number of carbonyl (C=O) groups excluding carboxylic acids is 1. The molecule has 0 fully saturated rings. The molecule has 1 rings (SSSR count). The van der Waals surface area contributed by atoms with Gasteiger partial charge in [0.05, 0.1) is 10.4 Å². The van der Waals surface area contributed by atoms with Crippen LogP contribution < -0.4 is 0 Å². The minimum atomic E-state index is -1.24. The van der Waals surface area contributed by atoms with E-state index in [1.54, 1.807) is 6.92 Å². The van der Waals surface area contributed by atoms with E-state index in [4.69, 9.17) is 5.11 Å². The first-order valence-corrected chi connectivity index (χ1v) is 5.06. The van der Waals surface area contributed by atoms with E-state index in [-0.39, 0.29) is 11.1 Å². The van der Waals surface area contributed by atoms with Crippen LogP contribution in [0, 0.1) is 5.82 Å². The first-order chi connectivity index (χ1) is 6.93. The van der Waals surface area contributed by atoms with Gasteiger partial charge in [-0.15, -0.1) is 0 Å². The molecule has 0 spiro atoms. The van der Waals surface area contributed by atoms with Gasteiger partial charge in [0.15, 0.2) is 5.78 Å². The van der Waals surface area contributed by atoms with Gasteiger partial charge in [-0.25, -0.2) is 9.18 Å². The zero-order chi connectivity index (χ0) is 11.6. The van der Waals surface area contributed by atoms with Crippen molar-refractivity contribution >= 4 is 27.7 Å². The molecule has 3 nitrogen and oxygen atoms in total. The summed E-state index contributed by atoms with van der Waals surface area (Å²) in [6, 6.07) is 3.03. The van der Waals surface area contributed by atoms with Crippen molar-refractivity contribution < 1.29 is 19.1 Å². The number of rotatable bonds is 3. The molecule has 15 heavy (non-hydrogen) atoms. The third-order valence-electron chi connectivity index (χ3n) is 1.84. The Balaban J connectivity index is 3.30. The Hall–Kier alpha value is -1.23. The molecule has 5 heteroatoms. The molecule has 0 amide bonds. The summed E-state index contributed by atoms with van der Waals surface area (Å²) < 4.78 is 12.9. The minimum absolute atomic E-state index is 0.119. The van der Waals surface area contributed by atoms with Gasteiger partial charge in [-0.2, -0.15) is 0 Å². The highest BCUT2D eigenvalue weighted by Crippen LogP contribution is 2.16. The molecule has 0 radical (unpaired) electrons. The van der Waals surface area contributed by atoms with E-state index in [2.05, 4.69) is 15.9 Å². The van der Waals surface area contributed by atoms with Gasteiger partial charge < -0.3 is 5.11 Å². The van der Waals surface area contributed by atoms with Crippen molar-refractivity contribution in [3.05, 3.63) is 35.1 Å². The van der Waals surface area contributed by atoms with Gasteiger partial charge in [0.1, 0.15) is 5.82 Å². The van der Waals surface area contributed by atoms with Crippen molar-refractivity contribution in [1.82, 2.24) is 0 Å². The van der Waals surface area contributed by atoms with Crippen molar-refractivity contribution in [2.75, 3.05) is 0 Å². The standard InChI is InChI=1S/C10H8BrFO3/c1-5(11)9(13)8-4-6(12)2-3-7(8)10(14)15/h2-5H,1H3,(H,14,15). The Kier molecular flexibility index (Phi) is 3.57. The number of carboxylic acid groups (broad SMARTS) is 1. The Morgan fingerprint density at radius 2 is 2.00 bits per heavy atom. The maximum Gasteiger partial charge on any atom is 0.336 e. The molecule has 1 unspecified atom stereocenters. The van der Waals surface area contributed by atoms with Crippen molar-refractivity contribution in [3.63, 3.8) is 0 Å². The predicted molar refractivity (Wildman–Crippen MR) is 56.1 cm³/mol. The second kappa shape index (κ2) is 4.53. The maximum absolute atomic E-state index is 12.9. The topological polar surface area (TPSA) is 54.4 Å². The van der Waals surface area contributed by atoms with Gasteiger partial charge in [-0.3, -0.25) is 4.79 Å². The molecule has 0 heterocycles. The summed E-state index contributed by atoms with van der Waals surface area (Å²) in [7, 11) is 0. The first kappa shape index (κ1) is 11.8. The quantitative estimate of drug-likeness (QED) is 0.681. The summed E-state index contributed by atoms with van der Waals surface area (Å²) >= 11 is 3.02. The van der Waals surface area contributed by atoms with E-state index in [1.807, 2.05) is 0 Å². The lowest BCUT2D eigenvalue weighted by molar-refractivity contribution is 0.0692. The summed E-state index contributed by atoms with van der Waals surface area (Å²) in [6.07, 6.45) is 0. The van der Waals surface area contributed by atoms with E-state index >= 15 is 0 Å². The highest BCUT2D eigenvalue weighted by molar-refractivity contribution is 9.10. The lowest BCUT2D eigenvalue weighted by atomic mass is 10.0. The molecular weight excluding hydrogens is 267 g/mol. The first-order valence-electron chi connectivity index (χ1n) is 4.14. The van der Waals surface area contributed by atoms with Crippen LogP contribution in [-0.4, -0.2) is 21.7 Å². The Labute approximate surface area is 94.0 Å². The third-order valence-corrected chi connectivity index (χ3v) is 2.25. The molecule has 1 N–H and O–H groups in total. The number of benzene rings is 1. The molecule has 0 saturated heterocycles. The van der Waals surface area contributed by atoms with Gasteiger partial charge in [-0.1, -0.05) is 15.9 Å². The number of Topliss-reactive ketones (excluding diaryl/α,β-unsaturated/α-hetero) is 1. The van der Waals surface area contributed by atoms with Gasteiger partial charge in [0.2, 0.25) is 0 Å². The number of halogens is 2. The summed E-state index contributed by atoms with van der Waals surface area (Å²) in [4.78, 5) is 21.8. The number of carboxylic acids is 1. The molecule has 1 aromatic rings. The van der Waals surface area contributed by atoms with Crippen LogP contribution in [0.1, 0.15) is 27.6 Å². The summed E-state index contributed by atoms with van der Waals surface area (Å²) in [5, 5.41) is 8.80. The van der Waals surface area contributed by atoms with Crippen molar-refractivity contribution in [2.24, 2.45) is 0 Å². The van der Waals surface area contributed by atoms with Crippen LogP contribution in [-0.2, 0) is 0 Å². The molecule has 0 aromatic heterocycles. The Bertz CT molecular complexity index is 415. The fourth-order valence-corrected chi connectivity index (χ4v) is 1.37. The predicted octanol–water partition coefficient (Wildman–Crippen LogP) is 2.49. The number of ketones is 1. The van der Waals surface area contributed by atoms with Crippen molar-refractivity contribution in [2.45, 2.75) is 11.8 Å². The minimum Gasteiger partial charge on any atom is -0.478 e. The van der Waals surface area contributed by atoms with E-state index in [1.165, 1.54) is 0 Å². The molecule has 1 atom stereocenters. The van der Waals surface area contributed by atoms with Crippen LogP contribution in [0.3, 0.4) is 0 Å². The fraction of sp³-hybridized carbons (Fsp3) is 0.200. The normalized spacial score (nSPS) is 12.2. The van der Waals surface area contributed by atoms with Crippen LogP contribution in [0.4, 0.5) is 4.39 Å². The number of hydrogen-bond donors (Lipinski definition) is 1. The second-order valence-electron chi connectivity index (χ2n) is 2.98. The summed E-state index contributed by atoms with van der Waals surface area (Å²) in [5.74, 6) is -2.32. The highest BCUT2D eigenvalue weighted by Gasteiger charge is 2.20.